The van der Waals surface area contributed by atoms with Gasteiger partial charge in [-0.2, -0.15) is 0 Å². The highest BCUT2D eigenvalue weighted by Crippen LogP contribution is 2.54. The minimum atomic E-state index is -0.142. The predicted molar refractivity (Wildman–Crippen MR) is 140 cm³/mol. The largest absolute Gasteiger partial charge is 0.447 e. The number of carbonyl (C=O) groups is 2. The number of carbonyl (C=O) groups excluding carboxylic acids is 2. The molecule has 5 nitrogen and oxygen atoms in total. The second kappa shape index (κ2) is 15.9. The number of piperidine rings is 1. The monoisotopic (exact) mass is 475 g/mol. The minimum absolute atomic E-state index is 0.0386. The van der Waals surface area contributed by atoms with Crippen LogP contribution in [0.2, 0.25) is 0 Å². The number of unbranched alkanes of at least 4 members (excludes halogenated alkanes) is 1. The molecule has 0 unspecified atom stereocenters. The second-order valence-electron chi connectivity index (χ2n) is 9.97. The lowest BCUT2D eigenvalue weighted by atomic mass is 9.56. The van der Waals surface area contributed by atoms with Crippen LogP contribution in [-0.4, -0.2) is 48.2 Å². The van der Waals surface area contributed by atoms with E-state index in [0.717, 1.165) is 62.1 Å². The Morgan fingerprint density at radius 2 is 1.82 bits per heavy atom. The number of rotatable bonds is 8. The third-order valence-corrected chi connectivity index (χ3v) is 6.87. The number of amides is 1. The Kier molecular flexibility index (Phi) is 14.1. The Hall–Kier alpha value is -1.88. The molecule has 1 N–H and O–H groups in total. The molecule has 194 valence electrons. The number of hydrogen-bond acceptors (Lipinski definition) is 4. The first-order valence-corrected chi connectivity index (χ1v) is 13.4. The number of aliphatic hydroxyl groups is 1. The fraction of sp³-hybridized carbons (Fsp3) is 0.724. The van der Waals surface area contributed by atoms with E-state index >= 15 is 0 Å². The molecule has 1 heterocycles. The summed E-state index contributed by atoms with van der Waals surface area (Å²) in [5.74, 6) is 0.869. The Bertz CT molecular complexity index is 713. The summed E-state index contributed by atoms with van der Waals surface area (Å²) in [5, 5.41) is 7.88. The van der Waals surface area contributed by atoms with Crippen molar-refractivity contribution in [2.45, 2.75) is 105 Å². The third-order valence-electron chi connectivity index (χ3n) is 6.87. The molecule has 0 bridgehead atoms. The van der Waals surface area contributed by atoms with Gasteiger partial charge in [-0.05, 0) is 88.2 Å². The zero-order chi connectivity index (χ0) is 25.6. The summed E-state index contributed by atoms with van der Waals surface area (Å²) < 4.78 is 5.32. The number of ether oxygens (including phenoxy) is 1. The molecule has 1 aromatic rings. The van der Waals surface area contributed by atoms with Crippen LogP contribution in [0.3, 0.4) is 0 Å². The molecule has 0 atom stereocenters. The average molecular weight is 476 g/mol. The van der Waals surface area contributed by atoms with Crippen LogP contribution in [0.4, 0.5) is 4.79 Å². The number of aldehydes is 1. The lowest BCUT2D eigenvalue weighted by Gasteiger charge is -2.52. The standard InChI is InChI=1S/C24H35NO3.C3H8O.C2H6/c1-18(2)28-23(27)25-12-10-24(11-13-25)15-21(16-24)7-5-4-6-20-8-9-22(17-26)19(3)14-20;1-2-3-4;1-2/h8-9,14,17-18,21H,4-7,10-13,15-16H2,1-3H3;4H,2-3H2,1H3;1-2H3. The van der Waals surface area contributed by atoms with E-state index in [9.17, 15) is 9.59 Å². The van der Waals surface area contributed by atoms with Crippen molar-refractivity contribution < 1.29 is 19.4 Å². The van der Waals surface area contributed by atoms with Crippen LogP contribution in [0.25, 0.3) is 0 Å². The number of aryl methyl sites for hydroxylation is 2. The predicted octanol–water partition coefficient (Wildman–Crippen LogP) is 6.97. The van der Waals surface area contributed by atoms with Crippen LogP contribution in [0.1, 0.15) is 107 Å². The van der Waals surface area contributed by atoms with Gasteiger partial charge in [0.05, 0.1) is 6.10 Å². The highest BCUT2D eigenvalue weighted by atomic mass is 16.6. The molecule has 5 heteroatoms. The molecule has 1 saturated carbocycles. The van der Waals surface area contributed by atoms with Crippen LogP contribution in [-0.2, 0) is 11.2 Å². The lowest BCUT2D eigenvalue weighted by molar-refractivity contribution is -0.0196. The van der Waals surface area contributed by atoms with Gasteiger partial charge in [-0.3, -0.25) is 4.79 Å². The van der Waals surface area contributed by atoms with E-state index in [1.807, 2.05) is 52.5 Å². The van der Waals surface area contributed by atoms with Gasteiger partial charge >= 0.3 is 6.09 Å². The number of benzene rings is 1. The summed E-state index contributed by atoms with van der Waals surface area (Å²) in [5.41, 5.74) is 3.72. The number of hydrogen-bond donors (Lipinski definition) is 1. The molecule has 1 saturated heterocycles. The topological polar surface area (TPSA) is 66.8 Å². The van der Waals surface area contributed by atoms with Gasteiger partial charge in [0.25, 0.3) is 0 Å². The molecule has 2 fully saturated rings. The Morgan fingerprint density at radius 3 is 2.32 bits per heavy atom. The highest BCUT2D eigenvalue weighted by molar-refractivity contribution is 5.77. The van der Waals surface area contributed by atoms with Crippen LogP contribution < -0.4 is 0 Å². The van der Waals surface area contributed by atoms with E-state index in [1.165, 1.54) is 37.7 Å². The Labute approximate surface area is 208 Å². The quantitative estimate of drug-likeness (QED) is 0.325. The summed E-state index contributed by atoms with van der Waals surface area (Å²) >= 11 is 0. The van der Waals surface area contributed by atoms with E-state index < -0.39 is 0 Å². The normalized spacial score (nSPS) is 16.6. The average Bonchev–Trinajstić information content (AvgIpc) is 2.82. The molecule has 0 radical (unpaired) electrons. The van der Waals surface area contributed by atoms with Gasteiger partial charge in [0.2, 0.25) is 0 Å². The molecule has 1 amide bonds. The van der Waals surface area contributed by atoms with E-state index in [2.05, 4.69) is 12.1 Å². The van der Waals surface area contributed by atoms with Crippen molar-refractivity contribution in [3.63, 3.8) is 0 Å². The van der Waals surface area contributed by atoms with E-state index in [1.54, 1.807) is 0 Å². The Morgan fingerprint density at radius 1 is 1.21 bits per heavy atom. The zero-order valence-corrected chi connectivity index (χ0v) is 22.6. The number of nitrogens with zero attached hydrogens (tertiary/aromatic N) is 1. The van der Waals surface area contributed by atoms with Crippen LogP contribution in [0, 0.1) is 18.3 Å². The fourth-order valence-corrected chi connectivity index (χ4v) is 5.00. The van der Waals surface area contributed by atoms with Gasteiger partial charge in [0.1, 0.15) is 6.29 Å². The lowest BCUT2D eigenvalue weighted by Crippen LogP contribution is -2.49. The maximum Gasteiger partial charge on any atom is 0.410 e. The van der Waals surface area contributed by atoms with Crippen molar-refractivity contribution in [3.8, 4) is 0 Å². The van der Waals surface area contributed by atoms with Crippen molar-refractivity contribution in [2.75, 3.05) is 19.7 Å². The first-order chi connectivity index (χ1) is 16.3. The first-order valence-electron chi connectivity index (χ1n) is 13.4. The van der Waals surface area contributed by atoms with E-state index in [4.69, 9.17) is 9.84 Å². The zero-order valence-electron chi connectivity index (χ0n) is 22.6. The fourth-order valence-electron chi connectivity index (χ4n) is 5.00. The SMILES string of the molecule is CC.CCCO.Cc1cc(CCCCC2CC3(CCN(C(=O)OC(C)C)CC3)C2)ccc1C=O. The van der Waals surface area contributed by atoms with Gasteiger partial charge < -0.3 is 14.7 Å². The van der Waals surface area contributed by atoms with Crippen molar-refractivity contribution in [1.29, 1.82) is 0 Å². The van der Waals surface area contributed by atoms with Gasteiger partial charge in [0.15, 0.2) is 0 Å². The minimum Gasteiger partial charge on any atom is -0.447 e. The molecule has 2 aliphatic rings. The third kappa shape index (κ3) is 9.77. The maximum atomic E-state index is 12.0. The van der Waals surface area contributed by atoms with Crippen molar-refractivity contribution in [1.82, 2.24) is 4.90 Å². The Balaban J connectivity index is 0.000000872. The molecule has 3 rings (SSSR count). The molecular formula is C29H49NO4. The molecule has 1 aliphatic heterocycles. The van der Waals surface area contributed by atoms with Crippen molar-refractivity contribution >= 4 is 12.4 Å². The number of aliphatic hydroxyl groups excluding tert-OH is 1. The first kappa shape index (κ1) is 30.2. The van der Waals surface area contributed by atoms with Gasteiger partial charge in [-0.15, -0.1) is 0 Å². The summed E-state index contributed by atoms with van der Waals surface area (Å²) in [7, 11) is 0. The maximum absolute atomic E-state index is 12.0. The van der Waals surface area contributed by atoms with Crippen molar-refractivity contribution in [2.24, 2.45) is 11.3 Å². The molecule has 1 aromatic carbocycles. The van der Waals surface area contributed by atoms with Crippen LogP contribution in [0.5, 0.6) is 0 Å². The molecule has 1 aliphatic carbocycles. The molecule has 1 spiro atoms. The smallest absolute Gasteiger partial charge is 0.410 e. The van der Waals surface area contributed by atoms with Crippen LogP contribution >= 0.6 is 0 Å². The summed E-state index contributed by atoms with van der Waals surface area (Å²) in [6.07, 6.45) is 11.5. The van der Waals surface area contributed by atoms with Gasteiger partial charge in [-0.25, -0.2) is 4.79 Å². The van der Waals surface area contributed by atoms with E-state index in [0.29, 0.717) is 12.0 Å². The van der Waals surface area contributed by atoms with Crippen molar-refractivity contribution in [3.05, 3.63) is 34.9 Å². The summed E-state index contributed by atoms with van der Waals surface area (Å²) in [4.78, 5) is 24.8. The second-order valence-corrected chi connectivity index (χ2v) is 9.97. The highest BCUT2D eigenvalue weighted by Gasteiger charge is 2.45. The van der Waals surface area contributed by atoms with Gasteiger partial charge in [-0.1, -0.05) is 51.8 Å². The summed E-state index contributed by atoms with van der Waals surface area (Å²) in [6, 6.07) is 6.18. The summed E-state index contributed by atoms with van der Waals surface area (Å²) in [6.45, 7) is 13.8. The molecule has 0 aromatic heterocycles. The van der Waals surface area contributed by atoms with Gasteiger partial charge in [0, 0.05) is 25.3 Å². The van der Waals surface area contributed by atoms with E-state index in [-0.39, 0.29) is 12.2 Å². The molecule has 34 heavy (non-hydrogen) atoms. The molecular weight excluding hydrogens is 426 g/mol. The van der Waals surface area contributed by atoms with Crippen LogP contribution in [0.15, 0.2) is 18.2 Å². The number of likely N-dealkylation sites (tertiary alicyclic amines) is 1.